The highest BCUT2D eigenvalue weighted by atomic mass is 32.2. The van der Waals surface area contributed by atoms with Gasteiger partial charge in [-0.3, -0.25) is 10.1 Å². The molecule has 1 N–H and O–H groups in total. The van der Waals surface area contributed by atoms with Crippen molar-refractivity contribution in [1.82, 2.24) is 10.2 Å². The number of rotatable bonds is 5. The predicted molar refractivity (Wildman–Crippen MR) is 76.5 cm³/mol. The number of carbonyl (C=O) groups is 1. The maximum atomic E-state index is 12.9. The molecule has 1 aliphatic heterocycles. The van der Waals surface area contributed by atoms with E-state index >= 15 is 0 Å². The van der Waals surface area contributed by atoms with Gasteiger partial charge in [0.15, 0.2) is 0 Å². The number of thioether (sulfide) groups is 1. The molecule has 1 heterocycles. The maximum Gasteiger partial charge on any atom is 0.238 e. The number of hydrogen-bond acceptors (Lipinski definition) is 3. The van der Waals surface area contributed by atoms with Crippen molar-refractivity contribution in [1.29, 1.82) is 0 Å². The van der Waals surface area contributed by atoms with E-state index < -0.39 is 0 Å². The van der Waals surface area contributed by atoms with Crippen LogP contribution in [0.5, 0.6) is 0 Å². The zero-order chi connectivity index (χ0) is 13.8. The molecule has 0 bridgehead atoms. The van der Waals surface area contributed by atoms with E-state index in [2.05, 4.69) is 18.5 Å². The van der Waals surface area contributed by atoms with Crippen molar-refractivity contribution in [2.45, 2.75) is 24.8 Å². The van der Waals surface area contributed by atoms with E-state index in [1.54, 1.807) is 23.9 Å². The van der Waals surface area contributed by atoms with Gasteiger partial charge in [-0.05, 0) is 30.4 Å². The van der Waals surface area contributed by atoms with E-state index in [0.29, 0.717) is 11.8 Å². The van der Waals surface area contributed by atoms with Crippen molar-refractivity contribution < 1.29 is 9.18 Å². The Balaban J connectivity index is 2.06. The van der Waals surface area contributed by atoms with Crippen LogP contribution in [0.4, 0.5) is 4.39 Å². The van der Waals surface area contributed by atoms with Gasteiger partial charge in [-0.1, -0.05) is 19.1 Å². The van der Waals surface area contributed by atoms with Crippen LogP contribution < -0.4 is 5.32 Å². The van der Waals surface area contributed by atoms with Gasteiger partial charge in [0.25, 0.3) is 0 Å². The fourth-order valence-corrected chi connectivity index (χ4v) is 2.52. The fourth-order valence-electron chi connectivity index (χ4n) is 2.18. The summed E-state index contributed by atoms with van der Waals surface area (Å²) in [5.74, 6) is -0.141. The lowest BCUT2D eigenvalue weighted by molar-refractivity contribution is -0.128. The van der Waals surface area contributed by atoms with Gasteiger partial charge in [0.05, 0.1) is 6.54 Å². The molecule has 1 fully saturated rings. The van der Waals surface area contributed by atoms with Crippen LogP contribution in [-0.2, 0) is 4.79 Å². The maximum absolute atomic E-state index is 12.9. The van der Waals surface area contributed by atoms with Gasteiger partial charge >= 0.3 is 0 Å². The monoisotopic (exact) mass is 282 g/mol. The second-order valence-corrected chi connectivity index (χ2v) is 6.03. The Bertz CT molecular complexity index is 438. The summed E-state index contributed by atoms with van der Waals surface area (Å²) in [4.78, 5) is 13.8. The molecule has 1 aromatic rings. The molecule has 1 aromatic carbocycles. The van der Waals surface area contributed by atoms with Crippen LogP contribution in [-0.4, -0.2) is 35.4 Å². The largest absolute Gasteiger partial charge is 0.322 e. The van der Waals surface area contributed by atoms with Crippen LogP contribution in [0.3, 0.4) is 0 Å². The van der Waals surface area contributed by atoms with Crippen molar-refractivity contribution in [3.8, 4) is 0 Å². The minimum atomic E-state index is -0.254. The molecule has 3 nitrogen and oxygen atoms in total. The third-order valence-corrected chi connectivity index (χ3v) is 4.48. The van der Waals surface area contributed by atoms with E-state index in [0.717, 1.165) is 18.5 Å². The van der Waals surface area contributed by atoms with Crippen LogP contribution in [0.25, 0.3) is 0 Å². The van der Waals surface area contributed by atoms with Gasteiger partial charge < -0.3 is 4.90 Å². The highest BCUT2D eigenvalue weighted by molar-refractivity contribution is 7.99. The highest BCUT2D eigenvalue weighted by Gasteiger charge is 2.31. The number of carbonyl (C=O) groups excluding carboxylic acids is 1. The van der Waals surface area contributed by atoms with Crippen LogP contribution in [0.1, 0.15) is 25.1 Å². The average molecular weight is 282 g/mol. The first-order valence-electron chi connectivity index (χ1n) is 6.43. The molecule has 0 aromatic heterocycles. The molecule has 2 unspecified atom stereocenters. The Morgan fingerprint density at radius 2 is 2.16 bits per heavy atom. The number of halogens is 1. The number of nitrogens with zero attached hydrogens (tertiary/aromatic N) is 1. The van der Waals surface area contributed by atoms with Crippen molar-refractivity contribution >= 4 is 17.7 Å². The molecular formula is C14H19FN2OS. The van der Waals surface area contributed by atoms with Crippen molar-refractivity contribution in [3.63, 3.8) is 0 Å². The quantitative estimate of drug-likeness (QED) is 0.900. The number of benzene rings is 1. The summed E-state index contributed by atoms with van der Waals surface area (Å²) in [5.41, 5.74) is 0.934. The summed E-state index contributed by atoms with van der Waals surface area (Å²) >= 11 is 1.80. The van der Waals surface area contributed by atoms with Crippen molar-refractivity contribution in [3.05, 3.63) is 35.6 Å². The first kappa shape index (κ1) is 14.3. The Hall–Kier alpha value is -1.07. The second-order valence-electron chi connectivity index (χ2n) is 4.76. The van der Waals surface area contributed by atoms with Gasteiger partial charge in [0.2, 0.25) is 5.91 Å². The van der Waals surface area contributed by atoms with Gasteiger partial charge in [-0.25, -0.2) is 4.39 Å². The van der Waals surface area contributed by atoms with Crippen molar-refractivity contribution in [2.24, 2.45) is 0 Å². The second kappa shape index (κ2) is 6.39. The molecular weight excluding hydrogens is 263 g/mol. The molecule has 0 radical (unpaired) electrons. The smallest absolute Gasteiger partial charge is 0.238 e. The summed E-state index contributed by atoms with van der Waals surface area (Å²) in [7, 11) is 0. The van der Waals surface area contributed by atoms with E-state index in [1.165, 1.54) is 12.1 Å². The molecule has 1 saturated heterocycles. The summed E-state index contributed by atoms with van der Waals surface area (Å²) in [6.45, 7) is 3.25. The summed E-state index contributed by atoms with van der Waals surface area (Å²) in [6.07, 6.45) is 2.92. The third kappa shape index (κ3) is 3.48. The number of nitrogens with one attached hydrogen (secondary N) is 1. The summed E-state index contributed by atoms with van der Waals surface area (Å²) in [6, 6.07) is 6.33. The zero-order valence-corrected chi connectivity index (χ0v) is 12.0. The third-order valence-electron chi connectivity index (χ3n) is 3.44. The summed E-state index contributed by atoms with van der Waals surface area (Å²) < 4.78 is 12.9. The molecule has 2 atom stereocenters. The fraction of sp³-hybridized carbons (Fsp3) is 0.500. The molecule has 5 heteroatoms. The minimum Gasteiger partial charge on any atom is -0.322 e. The van der Waals surface area contributed by atoms with E-state index in [4.69, 9.17) is 0 Å². The van der Waals surface area contributed by atoms with E-state index in [1.807, 2.05) is 4.90 Å². The highest BCUT2D eigenvalue weighted by Crippen LogP contribution is 2.24. The molecule has 2 rings (SSSR count). The van der Waals surface area contributed by atoms with E-state index in [9.17, 15) is 9.18 Å². The average Bonchev–Trinajstić information content (AvgIpc) is 2.78. The van der Waals surface area contributed by atoms with Gasteiger partial charge in [0, 0.05) is 11.8 Å². The van der Waals surface area contributed by atoms with Crippen LogP contribution >= 0.6 is 11.8 Å². The van der Waals surface area contributed by atoms with E-state index in [-0.39, 0.29) is 17.9 Å². The Morgan fingerprint density at radius 3 is 2.79 bits per heavy atom. The van der Waals surface area contributed by atoms with Crippen molar-refractivity contribution in [2.75, 3.05) is 19.3 Å². The van der Waals surface area contributed by atoms with Crippen LogP contribution in [0.2, 0.25) is 0 Å². The molecule has 0 aliphatic carbocycles. The summed E-state index contributed by atoms with van der Waals surface area (Å²) in [5, 5.41) is 3.71. The lowest BCUT2D eigenvalue weighted by Gasteiger charge is -2.25. The zero-order valence-electron chi connectivity index (χ0n) is 11.2. The van der Waals surface area contributed by atoms with Gasteiger partial charge in [0.1, 0.15) is 12.0 Å². The lowest BCUT2D eigenvalue weighted by Crippen LogP contribution is -2.32. The Kier molecular flexibility index (Phi) is 4.82. The molecule has 0 spiro atoms. The lowest BCUT2D eigenvalue weighted by atomic mass is 10.1. The normalized spacial score (nSPS) is 20.9. The predicted octanol–water partition coefficient (Wildman–Crippen LogP) is 2.40. The van der Waals surface area contributed by atoms with Gasteiger partial charge in [-0.2, -0.15) is 11.8 Å². The SMILES string of the molecule is CSC(C)CCN1C(=O)CNC1c1ccc(F)cc1. The molecule has 104 valence electrons. The minimum absolute atomic E-state index is 0.114. The molecule has 1 amide bonds. The van der Waals surface area contributed by atoms with Crippen LogP contribution in [0, 0.1) is 5.82 Å². The first-order chi connectivity index (χ1) is 9.11. The molecule has 1 aliphatic rings. The standard InChI is InChI=1S/C14H19FN2OS/c1-10(19-2)7-8-17-13(18)9-16-14(17)11-3-5-12(15)6-4-11/h3-6,10,14,16H,7-9H2,1-2H3. The molecule has 0 saturated carbocycles. The van der Waals surface area contributed by atoms with Gasteiger partial charge in [-0.15, -0.1) is 0 Å². The Morgan fingerprint density at radius 1 is 1.47 bits per heavy atom. The van der Waals surface area contributed by atoms with Crippen LogP contribution in [0.15, 0.2) is 24.3 Å². The number of amides is 1. The molecule has 19 heavy (non-hydrogen) atoms. The Labute approximate surface area is 117 Å². The topological polar surface area (TPSA) is 32.3 Å². The number of hydrogen-bond donors (Lipinski definition) is 1. The first-order valence-corrected chi connectivity index (χ1v) is 7.71.